The van der Waals surface area contributed by atoms with Crippen LogP contribution in [0.4, 0.5) is 0 Å². The molecule has 0 saturated heterocycles. The molecule has 40 heavy (non-hydrogen) atoms. The molecule has 0 fully saturated rings. The Bertz CT molecular complexity index is 1480. The highest BCUT2D eigenvalue weighted by Gasteiger charge is 2.21. The van der Waals surface area contributed by atoms with Crippen LogP contribution in [-0.4, -0.2) is 29.5 Å². The highest BCUT2D eigenvalue weighted by atomic mass is 35.5. The van der Waals surface area contributed by atoms with Gasteiger partial charge in [0.2, 0.25) is 5.43 Å². The smallest absolute Gasteiger partial charge is 0.253 e. The zero-order chi connectivity index (χ0) is 28.6. The number of hydrogen-bond donors (Lipinski definition) is 1. The van der Waals surface area contributed by atoms with Crippen LogP contribution in [0.25, 0.3) is 33.4 Å². The van der Waals surface area contributed by atoms with Crippen LogP contribution in [0.1, 0.15) is 81.5 Å². The molecule has 4 rings (SSSR count). The Labute approximate surface area is 246 Å². The number of phenols is 1. The average Bonchev–Trinajstić information content (AvgIpc) is 2.94. The molecule has 5 nitrogen and oxygen atoms in total. The van der Waals surface area contributed by atoms with Gasteiger partial charge in [0.25, 0.3) is 5.91 Å². The van der Waals surface area contributed by atoms with E-state index in [1.54, 1.807) is 29.2 Å². The first-order chi connectivity index (χ1) is 19.3. The molecule has 0 atom stereocenters. The summed E-state index contributed by atoms with van der Waals surface area (Å²) >= 11 is 12.4. The van der Waals surface area contributed by atoms with E-state index in [4.69, 9.17) is 27.6 Å². The molecule has 1 aliphatic heterocycles. The molecule has 7 heteroatoms. The van der Waals surface area contributed by atoms with Gasteiger partial charge in [-0.2, -0.15) is 0 Å². The number of carbonyl (C=O) groups is 1. The first kappa shape index (κ1) is 30.0. The number of unbranched alkanes of at least 4 members (excludes halogenated alkanes) is 9. The fourth-order valence-corrected chi connectivity index (χ4v) is 5.48. The predicted octanol–water partition coefficient (Wildman–Crippen LogP) is 9.57. The highest BCUT2D eigenvalue weighted by Crippen LogP contribution is 2.43. The van der Waals surface area contributed by atoms with Crippen molar-refractivity contribution in [3.8, 4) is 28.2 Å². The number of fused-ring (bicyclic) bond motifs is 2. The van der Waals surface area contributed by atoms with Gasteiger partial charge in [-0.25, -0.2) is 0 Å². The van der Waals surface area contributed by atoms with Gasteiger partial charge < -0.3 is 14.4 Å². The molecule has 0 bridgehead atoms. The van der Waals surface area contributed by atoms with E-state index in [-0.39, 0.29) is 27.1 Å². The van der Waals surface area contributed by atoms with Crippen LogP contribution < -0.4 is 5.43 Å². The standard InChI is InChI=1S/C33H37Cl2NO4/c1-3-4-5-6-7-8-9-10-11-12-17-36(2)33(39)23-15-13-22(14-16-23)32-24-18-26(34)28(37)20-30(24)40-31-21-29(38)27(35)19-25(31)32/h13-16,18-21,37H,3-12,17H2,1-2H3. The van der Waals surface area contributed by atoms with Gasteiger partial charge in [-0.05, 0) is 36.2 Å². The molecule has 0 aromatic heterocycles. The minimum Gasteiger partial charge on any atom is -0.506 e. The van der Waals surface area contributed by atoms with Crippen LogP contribution in [0.5, 0.6) is 5.75 Å². The summed E-state index contributed by atoms with van der Waals surface area (Å²) in [6.07, 6.45) is 12.6. The summed E-state index contributed by atoms with van der Waals surface area (Å²) in [6.45, 7) is 2.97. The Balaban J connectivity index is 1.45. The zero-order valence-electron chi connectivity index (χ0n) is 23.3. The quantitative estimate of drug-likeness (QED) is 0.126. The third-order valence-corrected chi connectivity index (χ3v) is 8.05. The molecule has 0 saturated carbocycles. The molecule has 0 unspecified atom stereocenters. The number of rotatable bonds is 13. The molecule has 2 aromatic carbocycles. The molecular formula is C33H37Cl2NO4. The lowest BCUT2D eigenvalue weighted by atomic mass is 9.93. The topological polar surface area (TPSA) is 70.8 Å². The number of benzene rings is 3. The van der Waals surface area contributed by atoms with Crippen LogP contribution in [-0.2, 0) is 0 Å². The summed E-state index contributed by atoms with van der Waals surface area (Å²) < 4.78 is 5.92. The van der Waals surface area contributed by atoms with E-state index in [2.05, 4.69) is 6.92 Å². The maximum atomic E-state index is 13.1. The van der Waals surface area contributed by atoms with Crippen LogP contribution in [0, 0.1) is 0 Å². The van der Waals surface area contributed by atoms with E-state index < -0.39 is 0 Å². The minimum atomic E-state index is -0.354. The van der Waals surface area contributed by atoms with Gasteiger partial charge in [0.05, 0.1) is 10.0 Å². The zero-order valence-corrected chi connectivity index (χ0v) is 24.8. The fourth-order valence-electron chi connectivity index (χ4n) is 5.15. The number of hydrogen-bond acceptors (Lipinski definition) is 4. The van der Waals surface area contributed by atoms with Crippen molar-refractivity contribution in [2.24, 2.45) is 0 Å². The first-order valence-corrected chi connectivity index (χ1v) is 15.0. The Kier molecular flexibility index (Phi) is 10.5. The van der Waals surface area contributed by atoms with Crippen molar-refractivity contribution in [3.05, 3.63) is 74.4 Å². The van der Waals surface area contributed by atoms with Crippen LogP contribution >= 0.6 is 23.2 Å². The highest BCUT2D eigenvalue weighted by molar-refractivity contribution is 6.33. The van der Waals surface area contributed by atoms with Crippen LogP contribution in [0.2, 0.25) is 10.0 Å². The molecule has 1 amide bonds. The maximum Gasteiger partial charge on any atom is 0.253 e. The van der Waals surface area contributed by atoms with Gasteiger partial charge in [0, 0.05) is 47.8 Å². The predicted molar refractivity (Wildman–Crippen MR) is 165 cm³/mol. The lowest BCUT2D eigenvalue weighted by Gasteiger charge is -2.18. The summed E-state index contributed by atoms with van der Waals surface area (Å²) in [5.74, 6) is 0.202. The van der Waals surface area contributed by atoms with E-state index in [1.165, 1.54) is 63.5 Å². The monoisotopic (exact) mass is 581 g/mol. The third kappa shape index (κ3) is 7.18. The minimum absolute atomic E-state index is 0.0211. The molecule has 2 aromatic rings. The van der Waals surface area contributed by atoms with E-state index in [9.17, 15) is 14.7 Å². The second-order valence-corrected chi connectivity index (χ2v) is 11.4. The molecular weight excluding hydrogens is 545 g/mol. The second-order valence-electron chi connectivity index (χ2n) is 10.5. The van der Waals surface area contributed by atoms with Gasteiger partial charge in [-0.1, -0.05) is 100 Å². The van der Waals surface area contributed by atoms with Crippen molar-refractivity contribution in [1.82, 2.24) is 4.90 Å². The van der Waals surface area contributed by atoms with Gasteiger partial charge >= 0.3 is 0 Å². The Morgan fingerprint density at radius 3 is 2.12 bits per heavy atom. The number of aromatic hydroxyl groups is 1. The second kappa shape index (κ2) is 14.0. The fraction of sp³-hybridized carbons (Fsp3) is 0.394. The van der Waals surface area contributed by atoms with Crippen molar-refractivity contribution in [2.45, 2.75) is 71.1 Å². The van der Waals surface area contributed by atoms with Gasteiger partial charge in [0.15, 0.2) is 0 Å². The van der Waals surface area contributed by atoms with E-state index in [0.717, 1.165) is 30.5 Å². The van der Waals surface area contributed by atoms with Crippen molar-refractivity contribution < 1.29 is 14.3 Å². The van der Waals surface area contributed by atoms with Gasteiger partial charge in [0.1, 0.15) is 17.1 Å². The molecule has 212 valence electrons. The van der Waals surface area contributed by atoms with Crippen molar-refractivity contribution in [1.29, 1.82) is 0 Å². The summed E-state index contributed by atoms with van der Waals surface area (Å²) in [7, 11) is 1.85. The Morgan fingerprint density at radius 1 is 0.850 bits per heavy atom. The van der Waals surface area contributed by atoms with E-state index in [0.29, 0.717) is 27.9 Å². The molecule has 1 N–H and O–H groups in total. The third-order valence-electron chi connectivity index (χ3n) is 7.46. The summed E-state index contributed by atoms with van der Waals surface area (Å²) in [5.41, 5.74) is 2.81. The summed E-state index contributed by atoms with van der Waals surface area (Å²) in [4.78, 5) is 27.1. The van der Waals surface area contributed by atoms with Gasteiger partial charge in [-0.3, -0.25) is 9.59 Å². The van der Waals surface area contributed by atoms with Crippen molar-refractivity contribution >= 4 is 40.1 Å². The number of amides is 1. The van der Waals surface area contributed by atoms with E-state index >= 15 is 0 Å². The Morgan fingerprint density at radius 2 is 1.48 bits per heavy atom. The van der Waals surface area contributed by atoms with Crippen molar-refractivity contribution in [3.63, 3.8) is 0 Å². The van der Waals surface area contributed by atoms with Crippen molar-refractivity contribution in [2.75, 3.05) is 13.6 Å². The summed E-state index contributed by atoms with van der Waals surface area (Å²) in [5, 5.41) is 11.0. The summed E-state index contributed by atoms with van der Waals surface area (Å²) in [6, 6.07) is 13.3. The number of carbonyl (C=O) groups excluding carboxylic acids is 1. The van der Waals surface area contributed by atoms with Crippen LogP contribution in [0.3, 0.4) is 0 Å². The SMILES string of the molecule is CCCCCCCCCCCCN(C)C(=O)c1ccc(-c2c3cc(Cl)c(=O)cc-3oc3cc(O)c(Cl)cc23)cc1. The normalized spacial score (nSPS) is 11.4. The molecule has 1 aliphatic carbocycles. The molecule has 1 heterocycles. The lowest BCUT2D eigenvalue weighted by Crippen LogP contribution is -2.27. The lowest BCUT2D eigenvalue weighted by molar-refractivity contribution is 0.0792. The van der Waals surface area contributed by atoms with E-state index in [1.807, 2.05) is 19.2 Å². The van der Waals surface area contributed by atoms with Gasteiger partial charge in [-0.15, -0.1) is 0 Å². The largest absolute Gasteiger partial charge is 0.506 e. The number of halogens is 2. The average molecular weight is 583 g/mol. The maximum absolute atomic E-state index is 13.1. The molecule has 0 spiro atoms. The molecule has 0 radical (unpaired) electrons. The Hall–Kier alpha value is -3.02. The first-order valence-electron chi connectivity index (χ1n) is 14.2. The number of nitrogens with zero attached hydrogens (tertiary/aromatic N) is 1. The van der Waals surface area contributed by atoms with Crippen LogP contribution in [0.15, 0.2) is 57.7 Å². The molecule has 2 aliphatic rings. The number of phenolic OH excluding ortho intramolecular Hbond substituents is 1.